The van der Waals surface area contributed by atoms with Gasteiger partial charge < -0.3 is 40.3 Å². The summed E-state index contributed by atoms with van der Waals surface area (Å²) < 4.78 is 52.4. The molecule has 1 aliphatic rings. The number of phosphoric ester groups is 1. The molecular formula is C11H18N5O14P3. The average molecular weight is 537 g/mol. The van der Waals surface area contributed by atoms with Gasteiger partial charge in [0.1, 0.15) is 18.3 Å². The Labute approximate surface area is 182 Å². The molecule has 1 saturated heterocycles. The van der Waals surface area contributed by atoms with E-state index in [1.54, 1.807) is 0 Å². The van der Waals surface area contributed by atoms with E-state index in [0.29, 0.717) is 0 Å². The first-order valence-electron chi connectivity index (χ1n) is 8.56. The molecule has 3 rings (SSSR count). The number of aliphatic hydroxyl groups excluding tert-OH is 2. The molecule has 186 valence electrons. The molecule has 3 heterocycles. The van der Waals surface area contributed by atoms with E-state index in [9.17, 15) is 38.5 Å². The molecule has 0 aliphatic carbocycles. The van der Waals surface area contributed by atoms with Crippen LogP contribution in [0.15, 0.2) is 11.1 Å². The minimum absolute atomic E-state index is 0.117. The highest BCUT2D eigenvalue weighted by Crippen LogP contribution is 2.66. The number of nitrogens with zero attached hydrogens (tertiary/aromatic N) is 3. The largest absolute Gasteiger partial charge is 0.490 e. The number of ether oxygens (including phenoxy) is 1. The summed E-state index contributed by atoms with van der Waals surface area (Å²) in [5, 5.41) is 20.7. The lowest BCUT2D eigenvalue weighted by Gasteiger charge is -2.24. The van der Waals surface area contributed by atoms with Crippen molar-refractivity contribution < 1.29 is 61.4 Å². The number of phosphoric acid groups is 3. The van der Waals surface area contributed by atoms with E-state index in [0.717, 1.165) is 17.8 Å². The highest BCUT2D eigenvalue weighted by molar-refractivity contribution is 7.66. The van der Waals surface area contributed by atoms with Gasteiger partial charge in [-0.1, -0.05) is 0 Å². The minimum Gasteiger partial charge on any atom is -0.387 e. The van der Waals surface area contributed by atoms with Gasteiger partial charge in [0.2, 0.25) is 5.95 Å². The number of fused-ring (bicyclic) bond motifs is 1. The lowest BCUT2D eigenvalue weighted by atomic mass is 10.1. The van der Waals surface area contributed by atoms with Crippen molar-refractivity contribution in [1.29, 1.82) is 0 Å². The third-order valence-corrected chi connectivity index (χ3v) is 8.10. The number of aliphatic hydroxyl groups is 2. The summed E-state index contributed by atoms with van der Waals surface area (Å²) in [6, 6.07) is 0. The second-order valence-electron chi connectivity index (χ2n) is 6.65. The Kier molecular flexibility index (Phi) is 7.03. The normalized spacial score (nSPS) is 28.5. The molecule has 2 aromatic rings. The van der Waals surface area contributed by atoms with Crippen molar-refractivity contribution in [2.24, 2.45) is 0 Å². The first kappa shape index (κ1) is 26.1. The number of anilines is 1. The summed E-state index contributed by atoms with van der Waals surface area (Å²) in [7, 11) is -16.9. The van der Waals surface area contributed by atoms with Gasteiger partial charge in [-0.2, -0.15) is 13.6 Å². The first-order chi connectivity index (χ1) is 15.0. The van der Waals surface area contributed by atoms with Crippen molar-refractivity contribution in [1.82, 2.24) is 19.5 Å². The number of aromatic amines is 1. The van der Waals surface area contributed by atoms with E-state index >= 15 is 0 Å². The zero-order valence-electron chi connectivity index (χ0n) is 16.2. The number of rotatable bonds is 8. The van der Waals surface area contributed by atoms with Crippen molar-refractivity contribution >= 4 is 40.6 Å². The summed E-state index contributed by atoms with van der Waals surface area (Å²) in [6.07, 6.45) is -7.04. The second-order valence-corrected chi connectivity index (χ2v) is 11.0. The van der Waals surface area contributed by atoms with Crippen molar-refractivity contribution in [3.8, 4) is 0 Å². The van der Waals surface area contributed by atoms with E-state index in [1.165, 1.54) is 0 Å². The van der Waals surface area contributed by atoms with Gasteiger partial charge in [-0.05, 0) is 6.92 Å². The first-order valence-corrected chi connectivity index (χ1v) is 13.1. The molecule has 19 nitrogen and oxygen atoms in total. The molecule has 0 spiro atoms. The zero-order chi connectivity index (χ0) is 24.9. The average Bonchev–Trinajstić information content (AvgIpc) is 3.13. The minimum atomic E-state index is -5.76. The van der Waals surface area contributed by atoms with Crippen LogP contribution in [0.25, 0.3) is 11.2 Å². The van der Waals surface area contributed by atoms with Gasteiger partial charge in [0.15, 0.2) is 17.4 Å². The zero-order valence-corrected chi connectivity index (χ0v) is 18.9. The molecule has 1 fully saturated rings. The fourth-order valence-corrected chi connectivity index (χ4v) is 6.20. The molecule has 0 amide bonds. The van der Waals surface area contributed by atoms with Crippen LogP contribution in [0.4, 0.5) is 5.95 Å². The highest BCUT2D eigenvalue weighted by atomic mass is 31.3. The van der Waals surface area contributed by atoms with Crippen LogP contribution >= 0.6 is 23.5 Å². The van der Waals surface area contributed by atoms with E-state index in [4.69, 9.17) is 20.3 Å². The predicted molar refractivity (Wildman–Crippen MR) is 103 cm³/mol. The van der Waals surface area contributed by atoms with Crippen LogP contribution in [-0.4, -0.2) is 73.7 Å². The number of nitrogens with two attached hydrogens (primary N) is 1. The Morgan fingerprint density at radius 2 is 1.79 bits per heavy atom. The van der Waals surface area contributed by atoms with E-state index in [-0.39, 0.29) is 17.1 Å². The molecular weight excluding hydrogens is 519 g/mol. The second kappa shape index (κ2) is 8.90. The summed E-state index contributed by atoms with van der Waals surface area (Å²) in [5.41, 5.74) is 4.51. The molecule has 0 bridgehead atoms. The Bertz CT molecular complexity index is 1240. The monoisotopic (exact) mass is 537 g/mol. The van der Waals surface area contributed by atoms with E-state index < -0.39 is 59.7 Å². The molecule has 1 aliphatic heterocycles. The smallest absolute Gasteiger partial charge is 0.387 e. The summed E-state index contributed by atoms with van der Waals surface area (Å²) in [4.78, 5) is 57.7. The van der Waals surface area contributed by atoms with Crippen molar-refractivity contribution in [3.05, 3.63) is 16.7 Å². The Balaban J connectivity index is 1.78. The highest BCUT2D eigenvalue weighted by Gasteiger charge is 2.49. The van der Waals surface area contributed by atoms with Crippen LogP contribution < -0.4 is 11.3 Å². The molecule has 2 aromatic heterocycles. The molecule has 9 N–H and O–H groups in total. The topological polar surface area (TPSA) is 299 Å². The van der Waals surface area contributed by atoms with Crippen LogP contribution in [-0.2, 0) is 31.6 Å². The van der Waals surface area contributed by atoms with Crippen LogP contribution in [0.2, 0.25) is 0 Å². The lowest BCUT2D eigenvalue weighted by Crippen LogP contribution is -2.38. The van der Waals surface area contributed by atoms with Crippen molar-refractivity contribution in [3.63, 3.8) is 0 Å². The fraction of sp³-hybridized carbons (Fsp3) is 0.545. The van der Waals surface area contributed by atoms with Crippen LogP contribution in [0.5, 0.6) is 0 Å². The van der Waals surface area contributed by atoms with Crippen LogP contribution in [0.1, 0.15) is 13.2 Å². The molecule has 0 radical (unpaired) electrons. The number of hydrogen-bond donors (Lipinski definition) is 8. The van der Waals surface area contributed by atoms with Crippen molar-refractivity contribution in [2.75, 3.05) is 5.73 Å². The number of nitrogens with one attached hydrogen (secondary N) is 1. The summed E-state index contributed by atoms with van der Waals surface area (Å²) in [6.45, 7) is 1.05. The lowest BCUT2D eigenvalue weighted by molar-refractivity contribution is -0.0755. The van der Waals surface area contributed by atoms with Gasteiger partial charge in [-0.3, -0.25) is 18.9 Å². The SMILES string of the molecule is C[C@@H](OP(=O)(O)OP(=O)(O)OP(=O)(O)O)[C@H]1O[C@@H](n2cnc3c(=O)[nH]c(N)nc32)C(O)C1O. The molecule has 4 unspecified atom stereocenters. The maximum atomic E-state index is 12.0. The molecule has 7 atom stereocenters. The molecule has 22 heteroatoms. The molecule has 33 heavy (non-hydrogen) atoms. The Morgan fingerprint density at radius 3 is 2.39 bits per heavy atom. The van der Waals surface area contributed by atoms with Gasteiger partial charge >= 0.3 is 23.5 Å². The molecule has 0 saturated carbocycles. The maximum Gasteiger partial charge on any atom is 0.490 e. The van der Waals surface area contributed by atoms with Gasteiger partial charge in [-0.25, -0.2) is 18.7 Å². The van der Waals surface area contributed by atoms with E-state index in [2.05, 4.69) is 28.1 Å². The predicted octanol–water partition coefficient (Wildman–Crippen LogP) is -1.95. The third kappa shape index (κ3) is 5.93. The Hall–Kier alpha value is -1.56. The number of aromatic nitrogens is 4. The quantitative estimate of drug-likeness (QED) is 0.170. The maximum absolute atomic E-state index is 12.0. The van der Waals surface area contributed by atoms with Gasteiger partial charge in [0, 0.05) is 0 Å². The number of H-pyrrole nitrogens is 1. The number of nitrogen functional groups attached to an aromatic ring is 1. The Morgan fingerprint density at radius 1 is 1.15 bits per heavy atom. The van der Waals surface area contributed by atoms with Crippen LogP contribution in [0, 0.1) is 0 Å². The summed E-state index contributed by atoms with van der Waals surface area (Å²) >= 11 is 0. The third-order valence-electron chi connectivity index (χ3n) is 4.18. The molecule has 0 aromatic carbocycles. The van der Waals surface area contributed by atoms with Gasteiger partial charge in [-0.15, -0.1) is 0 Å². The standard InChI is InChI=1S/C11H18N5O14P3/c1-3(28-32(23,24)30-33(25,26)29-31(20,21)22)7-5(17)6(18)10(27-7)16-2-13-4-8(16)14-11(12)15-9(4)19/h2-3,5-7,10,17-18H,1H3,(H,23,24)(H,25,26)(H2,20,21,22)(H3,12,14,15,19)/t3-,5?,6?,7-,10-/m1/s1. The number of imidazole rings is 1. The van der Waals surface area contributed by atoms with Gasteiger partial charge in [0.25, 0.3) is 5.56 Å². The van der Waals surface area contributed by atoms with Crippen molar-refractivity contribution in [2.45, 2.75) is 37.6 Å². The number of hydrogen-bond acceptors (Lipinski definition) is 13. The van der Waals surface area contributed by atoms with Gasteiger partial charge in [0.05, 0.1) is 12.4 Å². The fourth-order valence-electron chi connectivity index (χ4n) is 3.00. The summed E-state index contributed by atoms with van der Waals surface area (Å²) in [5.74, 6) is -0.278. The van der Waals surface area contributed by atoms with E-state index in [1.807, 2.05) is 0 Å². The van der Waals surface area contributed by atoms with Crippen LogP contribution in [0.3, 0.4) is 0 Å².